The van der Waals surface area contributed by atoms with Crippen LogP contribution >= 0.6 is 11.3 Å². The minimum absolute atomic E-state index is 0.225. The Morgan fingerprint density at radius 1 is 0.917 bits per heavy atom. The van der Waals surface area contributed by atoms with Gasteiger partial charge in [0, 0.05) is 33.8 Å². The number of benzene rings is 2. The maximum atomic E-state index is 13.2. The SMILES string of the molecule is CCOC(=O)C1=C(C)N=C(C)C(C(=O)OCC)C1c1ccccc1-c1nc(-c2ccccc2C)cs1. The van der Waals surface area contributed by atoms with Crippen molar-refractivity contribution in [2.24, 2.45) is 10.9 Å². The van der Waals surface area contributed by atoms with Gasteiger partial charge in [-0.2, -0.15) is 0 Å². The van der Waals surface area contributed by atoms with Crippen LogP contribution in [0, 0.1) is 12.8 Å². The third-order valence-electron chi connectivity index (χ3n) is 6.32. The number of aryl methyl sites for hydroxylation is 1. The van der Waals surface area contributed by atoms with Gasteiger partial charge in [0.2, 0.25) is 0 Å². The largest absolute Gasteiger partial charge is 0.465 e. The van der Waals surface area contributed by atoms with Crippen LogP contribution in [0.4, 0.5) is 0 Å². The lowest BCUT2D eigenvalue weighted by molar-refractivity contribution is -0.146. The Balaban J connectivity index is 1.88. The van der Waals surface area contributed by atoms with Gasteiger partial charge in [0.25, 0.3) is 0 Å². The fourth-order valence-electron chi connectivity index (χ4n) is 4.73. The van der Waals surface area contributed by atoms with E-state index in [2.05, 4.69) is 24.0 Å². The molecule has 1 aliphatic heterocycles. The second-order valence-corrected chi connectivity index (χ2v) is 9.48. The maximum absolute atomic E-state index is 13.2. The summed E-state index contributed by atoms with van der Waals surface area (Å²) in [6.07, 6.45) is 0. The van der Waals surface area contributed by atoms with E-state index < -0.39 is 23.8 Å². The first kappa shape index (κ1) is 25.5. The lowest BCUT2D eigenvalue weighted by Crippen LogP contribution is -2.36. The van der Waals surface area contributed by atoms with E-state index in [0.29, 0.717) is 17.0 Å². The number of thiazole rings is 1. The highest BCUT2D eigenvalue weighted by atomic mass is 32.1. The van der Waals surface area contributed by atoms with E-state index in [1.165, 1.54) is 11.3 Å². The van der Waals surface area contributed by atoms with Crippen LogP contribution in [-0.4, -0.2) is 35.8 Å². The Morgan fingerprint density at radius 2 is 1.58 bits per heavy atom. The van der Waals surface area contributed by atoms with E-state index in [0.717, 1.165) is 33.0 Å². The molecule has 0 aliphatic carbocycles. The van der Waals surface area contributed by atoms with Crippen LogP contribution in [-0.2, 0) is 19.1 Å². The van der Waals surface area contributed by atoms with E-state index >= 15 is 0 Å². The number of aliphatic imine (C=N–C) groups is 1. The van der Waals surface area contributed by atoms with Gasteiger partial charge in [0.15, 0.2) is 0 Å². The summed E-state index contributed by atoms with van der Waals surface area (Å²) in [6.45, 7) is 9.65. The van der Waals surface area contributed by atoms with Crippen LogP contribution in [0.25, 0.3) is 21.8 Å². The van der Waals surface area contributed by atoms with Crippen molar-refractivity contribution in [3.63, 3.8) is 0 Å². The van der Waals surface area contributed by atoms with Crippen LogP contribution < -0.4 is 0 Å². The summed E-state index contributed by atoms with van der Waals surface area (Å²) >= 11 is 1.54. The average Bonchev–Trinajstić information content (AvgIpc) is 3.34. The molecule has 1 aliphatic rings. The molecule has 0 saturated carbocycles. The molecule has 2 aromatic carbocycles. The fraction of sp³-hybridized carbons (Fsp3) is 0.310. The molecule has 6 nitrogen and oxygen atoms in total. The number of aromatic nitrogens is 1. The van der Waals surface area contributed by atoms with Gasteiger partial charge >= 0.3 is 11.9 Å². The van der Waals surface area contributed by atoms with Gasteiger partial charge in [-0.25, -0.2) is 9.78 Å². The van der Waals surface area contributed by atoms with Gasteiger partial charge in [-0.15, -0.1) is 11.3 Å². The van der Waals surface area contributed by atoms with Gasteiger partial charge in [0.05, 0.1) is 24.5 Å². The van der Waals surface area contributed by atoms with Crippen molar-refractivity contribution >= 4 is 29.0 Å². The molecular weight excluding hydrogens is 472 g/mol. The molecule has 0 N–H and O–H groups in total. The Bertz CT molecular complexity index is 1350. The normalized spacial score (nSPS) is 17.5. The molecule has 4 rings (SSSR count). The van der Waals surface area contributed by atoms with Crippen LogP contribution in [0.15, 0.2) is 70.2 Å². The Kier molecular flexibility index (Phi) is 7.79. The summed E-state index contributed by atoms with van der Waals surface area (Å²) in [6, 6.07) is 15.9. The molecule has 2 unspecified atom stereocenters. The summed E-state index contributed by atoms with van der Waals surface area (Å²) < 4.78 is 10.9. The number of nitrogens with zero attached hydrogens (tertiary/aromatic N) is 2. The number of carbonyl (C=O) groups excluding carboxylic acids is 2. The van der Waals surface area contributed by atoms with Crippen LogP contribution in [0.3, 0.4) is 0 Å². The lowest BCUT2D eigenvalue weighted by atomic mass is 9.74. The second-order valence-electron chi connectivity index (χ2n) is 8.62. The number of ether oxygens (including phenoxy) is 2. The molecule has 2 heterocycles. The highest BCUT2D eigenvalue weighted by molar-refractivity contribution is 7.13. The van der Waals surface area contributed by atoms with Gasteiger partial charge in [0.1, 0.15) is 10.9 Å². The fourth-order valence-corrected chi connectivity index (χ4v) is 5.60. The van der Waals surface area contributed by atoms with Crippen molar-refractivity contribution in [3.8, 4) is 21.8 Å². The zero-order valence-corrected chi connectivity index (χ0v) is 22.0. The highest BCUT2D eigenvalue weighted by Gasteiger charge is 2.43. The molecule has 3 aromatic rings. The van der Waals surface area contributed by atoms with E-state index in [9.17, 15) is 9.59 Å². The zero-order valence-electron chi connectivity index (χ0n) is 21.2. The Morgan fingerprint density at radius 3 is 2.28 bits per heavy atom. The van der Waals surface area contributed by atoms with Crippen molar-refractivity contribution < 1.29 is 19.1 Å². The van der Waals surface area contributed by atoms with Crippen molar-refractivity contribution in [1.29, 1.82) is 0 Å². The van der Waals surface area contributed by atoms with E-state index in [4.69, 9.17) is 14.5 Å². The van der Waals surface area contributed by atoms with E-state index in [1.54, 1.807) is 20.8 Å². The molecule has 0 amide bonds. The molecule has 7 heteroatoms. The zero-order chi connectivity index (χ0) is 25.8. The molecule has 0 fully saturated rings. The molecule has 0 saturated heterocycles. The number of esters is 2. The summed E-state index contributed by atoms with van der Waals surface area (Å²) in [5.74, 6) is -2.24. The molecule has 1 aromatic heterocycles. The molecular formula is C29H30N2O4S. The number of hydrogen-bond donors (Lipinski definition) is 0. The van der Waals surface area contributed by atoms with Crippen LogP contribution in [0.1, 0.15) is 44.7 Å². The highest BCUT2D eigenvalue weighted by Crippen LogP contribution is 2.44. The smallest absolute Gasteiger partial charge is 0.336 e. The van der Waals surface area contributed by atoms with Crippen molar-refractivity contribution in [3.05, 3.63) is 76.3 Å². The first-order valence-corrected chi connectivity index (χ1v) is 13.0. The van der Waals surface area contributed by atoms with Gasteiger partial charge in [-0.05, 0) is 45.7 Å². The minimum Gasteiger partial charge on any atom is -0.465 e. The van der Waals surface area contributed by atoms with Crippen molar-refractivity contribution in [1.82, 2.24) is 4.98 Å². The summed E-state index contributed by atoms with van der Waals surface area (Å²) in [4.78, 5) is 35.9. The Labute approximate surface area is 215 Å². The van der Waals surface area contributed by atoms with Gasteiger partial charge in [-0.1, -0.05) is 48.5 Å². The number of allylic oxidation sites excluding steroid dienone is 1. The van der Waals surface area contributed by atoms with Crippen molar-refractivity contribution in [2.45, 2.75) is 40.5 Å². The number of hydrogen-bond acceptors (Lipinski definition) is 7. The molecule has 0 radical (unpaired) electrons. The molecule has 0 bridgehead atoms. The topological polar surface area (TPSA) is 77.8 Å². The van der Waals surface area contributed by atoms with Crippen LogP contribution in [0.5, 0.6) is 0 Å². The molecule has 0 spiro atoms. The van der Waals surface area contributed by atoms with Gasteiger partial charge in [-0.3, -0.25) is 9.79 Å². The first-order valence-electron chi connectivity index (χ1n) is 12.1. The predicted molar refractivity (Wildman–Crippen MR) is 143 cm³/mol. The summed E-state index contributed by atoms with van der Waals surface area (Å²) in [7, 11) is 0. The maximum Gasteiger partial charge on any atom is 0.336 e. The number of rotatable bonds is 7. The van der Waals surface area contributed by atoms with E-state index in [1.807, 2.05) is 48.7 Å². The first-order chi connectivity index (χ1) is 17.4. The van der Waals surface area contributed by atoms with Crippen LogP contribution in [0.2, 0.25) is 0 Å². The monoisotopic (exact) mass is 502 g/mol. The quantitative estimate of drug-likeness (QED) is 0.351. The van der Waals surface area contributed by atoms with Gasteiger partial charge < -0.3 is 9.47 Å². The third kappa shape index (κ3) is 4.88. The summed E-state index contributed by atoms with van der Waals surface area (Å²) in [5.41, 5.74) is 6.33. The lowest BCUT2D eigenvalue weighted by Gasteiger charge is -2.32. The molecule has 36 heavy (non-hydrogen) atoms. The third-order valence-corrected chi connectivity index (χ3v) is 7.19. The predicted octanol–water partition coefficient (Wildman–Crippen LogP) is 6.36. The minimum atomic E-state index is -0.745. The van der Waals surface area contributed by atoms with Crippen molar-refractivity contribution in [2.75, 3.05) is 13.2 Å². The summed E-state index contributed by atoms with van der Waals surface area (Å²) in [5, 5.41) is 2.85. The number of carbonyl (C=O) groups is 2. The second kappa shape index (κ2) is 11.0. The van der Waals surface area contributed by atoms with E-state index in [-0.39, 0.29) is 13.2 Å². The Hall–Kier alpha value is -3.58. The molecule has 2 atom stereocenters. The average molecular weight is 503 g/mol. The molecule has 186 valence electrons. The standard InChI is InChI=1S/C29H30N2O4S/c1-6-34-28(32)24-18(4)30-19(5)25(29(33)35-7-2)26(24)21-14-10-11-15-22(21)27-31-23(16-36-27)20-13-9-8-12-17(20)3/h8-16,24,26H,6-7H2,1-5H3.